The van der Waals surface area contributed by atoms with Gasteiger partial charge in [0.05, 0.1) is 0 Å². The van der Waals surface area contributed by atoms with Crippen LogP contribution in [0.2, 0.25) is 0 Å². The summed E-state index contributed by atoms with van der Waals surface area (Å²) in [6.45, 7) is 11.1. The molecule has 2 amide bonds. The molecule has 0 aliphatic rings. The van der Waals surface area contributed by atoms with Crippen molar-refractivity contribution in [2.45, 2.75) is 40.7 Å². The lowest BCUT2D eigenvalue weighted by Crippen LogP contribution is -2.51. The second-order valence-electron chi connectivity index (χ2n) is 5.57. The van der Waals surface area contributed by atoms with E-state index in [0.717, 1.165) is 5.56 Å². The summed E-state index contributed by atoms with van der Waals surface area (Å²) in [5, 5.41) is 2.87. The Labute approximate surface area is 127 Å². The Hall–Kier alpha value is -1.84. The molecule has 1 unspecified atom stereocenters. The number of hydrogen-bond donors (Lipinski definition) is 1. The molecule has 1 aromatic rings. The zero-order chi connectivity index (χ0) is 16.0. The highest BCUT2D eigenvalue weighted by Gasteiger charge is 2.27. The van der Waals surface area contributed by atoms with Crippen LogP contribution < -0.4 is 5.32 Å². The van der Waals surface area contributed by atoms with Crippen LogP contribution in [0.25, 0.3) is 0 Å². The number of amides is 2. The van der Waals surface area contributed by atoms with E-state index in [1.165, 1.54) is 0 Å². The highest BCUT2D eigenvalue weighted by Crippen LogP contribution is 2.09. The van der Waals surface area contributed by atoms with Gasteiger partial charge in [-0.15, -0.1) is 0 Å². The average Bonchev–Trinajstić information content (AvgIpc) is 2.46. The van der Waals surface area contributed by atoms with Gasteiger partial charge in [0.1, 0.15) is 6.04 Å². The molecule has 0 aliphatic carbocycles. The fourth-order valence-corrected chi connectivity index (χ4v) is 2.18. The summed E-state index contributed by atoms with van der Waals surface area (Å²) in [4.78, 5) is 26.5. The first kappa shape index (κ1) is 17.2. The van der Waals surface area contributed by atoms with Gasteiger partial charge in [-0.1, -0.05) is 31.5 Å². The van der Waals surface area contributed by atoms with Crippen LogP contribution in [-0.2, 0) is 4.79 Å². The number of carbonyl (C=O) groups excluding carboxylic acids is 2. The molecule has 1 N–H and O–H groups in total. The molecule has 4 heteroatoms. The second-order valence-corrected chi connectivity index (χ2v) is 5.57. The van der Waals surface area contributed by atoms with Crippen molar-refractivity contribution in [2.75, 3.05) is 13.1 Å². The molecule has 116 valence electrons. The standard InChI is InChI=1S/C17H26N2O2/c1-6-19(7-2)17(21)15(12(3)4)18-16(20)14-10-8-13(5)9-11-14/h8-12,15H,6-7H2,1-5H3,(H,18,20). The van der Waals surface area contributed by atoms with Gasteiger partial charge in [-0.3, -0.25) is 9.59 Å². The summed E-state index contributed by atoms with van der Waals surface area (Å²) in [6.07, 6.45) is 0. The molecule has 1 atom stereocenters. The minimum Gasteiger partial charge on any atom is -0.341 e. The van der Waals surface area contributed by atoms with Crippen molar-refractivity contribution >= 4 is 11.8 Å². The maximum absolute atomic E-state index is 12.5. The number of nitrogens with zero attached hydrogens (tertiary/aromatic N) is 1. The maximum atomic E-state index is 12.5. The van der Waals surface area contributed by atoms with Gasteiger partial charge in [0, 0.05) is 18.7 Å². The van der Waals surface area contributed by atoms with Crippen molar-refractivity contribution in [3.05, 3.63) is 35.4 Å². The summed E-state index contributed by atoms with van der Waals surface area (Å²) >= 11 is 0. The number of rotatable bonds is 6. The number of nitrogens with one attached hydrogen (secondary N) is 1. The summed E-state index contributed by atoms with van der Waals surface area (Å²) in [5.74, 6) is -0.169. The Bertz CT molecular complexity index is 476. The van der Waals surface area contributed by atoms with Crippen LogP contribution in [-0.4, -0.2) is 35.8 Å². The molecule has 0 bridgehead atoms. The SMILES string of the molecule is CCN(CC)C(=O)C(NC(=O)c1ccc(C)cc1)C(C)C. The van der Waals surface area contributed by atoms with Crippen molar-refractivity contribution in [1.29, 1.82) is 0 Å². The van der Waals surface area contributed by atoms with Crippen molar-refractivity contribution < 1.29 is 9.59 Å². The second kappa shape index (κ2) is 7.81. The molecule has 0 fully saturated rings. The van der Waals surface area contributed by atoms with Gasteiger partial charge in [0.15, 0.2) is 0 Å². The van der Waals surface area contributed by atoms with Crippen LogP contribution in [0.3, 0.4) is 0 Å². The van der Waals surface area contributed by atoms with Crippen LogP contribution in [0, 0.1) is 12.8 Å². The monoisotopic (exact) mass is 290 g/mol. The van der Waals surface area contributed by atoms with Gasteiger partial charge in [-0.25, -0.2) is 0 Å². The van der Waals surface area contributed by atoms with Crippen LogP contribution >= 0.6 is 0 Å². The molecule has 0 spiro atoms. The van der Waals surface area contributed by atoms with E-state index in [4.69, 9.17) is 0 Å². The summed E-state index contributed by atoms with van der Waals surface area (Å²) in [7, 11) is 0. The summed E-state index contributed by atoms with van der Waals surface area (Å²) < 4.78 is 0. The smallest absolute Gasteiger partial charge is 0.251 e. The fraction of sp³-hybridized carbons (Fsp3) is 0.529. The third kappa shape index (κ3) is 4.59. The van der Waals surface area contributed by atoms with Crippen LogP contribution in [0.15, 0.2) is 24.3 Å². The molecular weight excluding hydrogens is 264 g/mol. The molecule has 0 heterocycles. The van der Waals surface area contributed by atoms with E-state index in [0.29, 0.717) is 18.7 Å². The highest BCUT2D eigenvalue weighted by molar-refractivity contribution is 5.97. The van der Waals surface area contributed by atoms with Crippen molar-refractivity contribution in [3.63, 3.8) is 0 Å². The number of likely N-dealkylation sites (N-methyl/N-ethyl adjacent to an activating group) is 1. The van der Waals surface area contributed by atoms with Gasteiger partial charge in [-0.2, -0.15) is 0 Å². The zero-order valence-corrected chi connectivity index (χ0v) is 13.6. The van der Waals surface area contributed by atoms with Gasteiger partial charge in [-0.05, 0) is 38.8 Å². The first-order valence-corrected chi connectivity index (χ1v) is 7.57. The Morgan fingerprint density at radius 2 is 1.62 bits per heavy atom. The molecule has 0 saturated heterocycles. The third-order valence-corrected chi connectivity index (χ3v) is 3.61. The maximum Gasteiger partial charge on any atom is 0.251 e. The van der Waals surface area contributed by atoms with Gasteiger partial charge in [0.25, 0.3) is 5.91 Å². The number of carbonyl (C=O) groups is 2. The van der Waals surface area contributed by atoms with Crippen LogP contribution in [0.5, 0.6) is 0 Å². The molecule has 0 aliphatic heterocycles. The Balaban J connectivity index is 2.85. The number of benzene rings is 1. The van der Waals surface area contributed by atoms with E-state index in [1.807, 2.05) is 46.8 Å². The first-order chi connectivity index (χ1) is 9.90. The van der Waals surface area contributed by atoms with Crippen LogP contribution in [0.1, 0.15) is 43.6 Å². The van der Waals surface area contributed by atoms with E-state index >= 15 is 0 Å². The van der Waals surface area contributed by atoms with Crippen LogP contribution in [0.4, 0.5) is 0 Å². The molecule has 4 nitrogen and oxygen atoms in total. The highest BCUT2D eigenvalue weighted by atomic mass is 16.2. The predicted octanol–water partition coefficient (Wildman–Crippen LogP) is 2.62. The molecule has 1 rings (SSSR count). The van der Waals surface area contributed by atoms with Crippen molar-refractivity contribution in [1.82, 2.24) is 10.2 Å². The van der Waals surface area contributed by atoms with Crippen molar-refractivity contribution in [2.24, 2.45) is 5.92 Å². The number of aryl methyl sites for hydroxylation is 1. The topological polar surface area (TPSA) is 49.4 Å². The largest absolute Gasteiger partial charge is 0.341 e. The minimum atomic E-state index is -0.487. The normalized spacial score (nSPS) is 12.1. The lowest BCUT2D eigenvalue weighted by Gasteiger charge is -2.28. The van der Waals surface area contributed by atoms with E-state index < -0.39 is 6.04 Å². The number of hydrogen-bond acceptors (Lipinski definition) is 2. The average molecular weight is 290 g/mol. The van der Waals surface area contributed by atoms with E-state index in [1.54, 1.807) is 17.0 Å². The summed E-state index contributed by atoms with van der Waals surface area (Å²) in [6, 6.07) is 6.86. The molecule has 21 heavy (non-hydrogen) atoms. The predicted molar refractivity (Wildman–Crippen MR) is 85.2 cm³/mol. The minimum absolute atomic E-state index is 0.0181. The zero-order valence-electron chi connectivity index (χ0n) is 13.6. The molecular formula is C17H26N2O2. The van der Waals surface area contributed by atoms with E-state index in [2.05, 4.69) is 5.32 Å². The van der Waals surface area contributed by atoms with E-state index in [-0.39, 0.29) is 17.7 Å². The molecule has 0 aromatic heterocycles. The van der Waals surface area contributed by atoms with Gasteiger partial charge in [0.2, 0.25) is 5.91 Å². The molecule has 1 aromatic carbocycles. The summed E-state index contributed by atoms with van der Waals surface area (Å²) in [5.41, 5.74) is 1.68. The fourth-order valence-electron chi connectivity index (χ4n) is 2.18. The van der Waals surface area contributed by atoms with E-state index in [9.17, 15) is 9.59 Å². The third-order valence-electron chi connectivity index (χ3n) is 3.61. The van der Waals surface area contributed by atoms with Gasteiger partial charge < -0.3 is 10.2 Å². The molecule has 0 saturated carbocycles. The Morgan fingerprint density at radius 3 is 2.05 bits per heavy atom. The quantitative estimate of drug-likeness (QED) is 0.875. The van der Waals surface area contributed by atoms with Crippen molar-refractivity contribution in [3.8, 4) is 0 Å². The first-order valence-electron chi connectivity index (χ1n) is 7.57. The van der Waals surface area contributed by atoms with Gasteiger partial charge >= 0.3 is 0 Å². The Morgan fingerprint density at radius 1 is 1.10 bits per heavy atom. The lowest BCUT2D eigenvalue weighted by atomic mass is 10.0. The molecule has 0 radical (unpaired) electrons. The Kier molecular flexibility index (Phi) is 6.40. The lowest BCUT2D eigenvalue weighted by molar-refractivity contribution is -0.133.